The second kappa shape index (κ2) is 8.03. The number of ether oxygens (including phenoxy) is 1. The Morgan fingerprint density at radius 3 is 2.38 bits per heavy atom. The third-order valence-corrected chi connectivity index (χ3v) is 4.57. The van der Waals surface area contributed by atoms with E-state index in [0.717, 1.165) is 6.42 Å². The van der Waals surface area contributed by atoms with Gasteiger partial charge >= 0.3 is 0 Å². The van der Waals surface area contributed by atoms with E-state index in [1.807, 2.05) is 20.9 Å². The molecule has 0 aliphatic carbocycles. The Bertz CT molecular complexity index is 264. The lowest BCUT2D eigenvalue weighted by Gasteiger charge is -2.23. The van der Waals surface area contributed by atoms with Crippen molar-refractivity contribution in [2.24, 2.45) is 0 Å². The minimum absolute atomic E-state index is 0.124. The SMILES string of the molecule is CCOC(C)C(CCCS(=O)(=O)CC)NC. The largest absolute Gasteiger partial charge is 0.377 e. The van der Waals surface area contributed by atoms with Gasteiger partial charge in [0.05, 0.1) is 11.9 Å². The summed E-state index contributed by atoms with van der Waals surface area (Å²) in [4.78, 5) is 0. The summed E-state index contributed by atoms with van der Waals surface area (Å²) < 4.78 is 28.1. The molecule has 0 rings (SSSR count). The zero-order valence-corrected chi connectivity index (χ0v) is 11.6. The molecule has 0 radical (unpaired) electrons. The van der Waals surface area contributed by atoms with E-state index in [0.29, 0.717) is 13.0 Å². The molecule has 0 saturated carbocycles. The Labute approximate surface area is 99.7 Å². The van der Waals surface area contributed by atoms with Crippen molar-refractivity contribution in [2.45, 2.75) is 45.8 Å². The first-order valence-electron chi connectivity index (χ1n) is 5.96. The highest BCUT2D eigenvalue weighted by Crippen LogP contribution is 2.07. The fraction of sp³-hybridized carbons (Fsp3) is 1.00. The van der Waals surface area contributed by atoms with E-state index in [9.17, 15) is 8.42 Å². The van der Waals surface area contributed by atoms with E-state index >= 15 is 0 Å². The van der Waals surface area contributed by atoms with Crippen LogP contribution in [0.25, 0.3) is 0 Å². The maximum absolute atomic E-state index is 11.3. The van der Waals surface area contributed by atoms with Crippen LogP contribution in [0.2, 0.25) is 0 Å². The van der Waals surface area contributed by atoms with Gasteiger partial charge in [0.2, 0.25) is 0 Å². The molecule has 0 heterocycles. The third-order valence-electron chi connectivity index (χ3n) is 2.78. The molecular weight excluding hydrogens is 226 g/mol. The molecule has 0 aromatic carbocycles. The van der Waals surface area contributed by atoms with Crippen molar-refractivity contribution in [1.29, 1.82) is 0 Å². The molecule has 4 nitrogen and oxygen atoms in total. The first kappa shape index (κ1) is 15.9. The monoisotopic (exact) mass is 251 g/mol. The van der Waals surface area contributed by atoms with Crippen LogP contribution in [0, 0.1) is 0 Å². The molecule has 0 amide bonds. The third kappa shape index (κ3) is 6.45. The van der Waals surface area contributed by atoms with Crippen LogP contribution in [-0.4, -0.2) is 45.7 Å². The molecule has 5 heteroatoms. The Morgan fingerprint density at radius 2 is 1.94 bits per heavy atom. The summed E-state index contributed by atoms with van der Waals surface area (Å²) in [6.07, 6.45) is 1.65. The molecule has 0 aromatic heterocycles. The maximum atomic E-state index is 11.3. The van der Waals surface area contributed by atoms with Crippen molar-refractivity contribution in [1.82, 2.24) is 5.32 Å². The molecule has 0 aliphatic rings. The predicted octanol–water partition coefficient (Wildman–Crippen LogP) is 1.21. The van der Waals surface area contributed by atoms with Gasteiger partial charge in [-0.05, 0) is 33.7 Å². The fourth-order valence-electron chi connectivity index (χ4n) is 1.66. The Kier molecular flexibility index (Phi) is 7.97. The number of sulfone groups is 1. The van der Waals surface area contributed by atoms with E-state index in [1.165, 1.54) is 0 Å². The number of hydrogen-bond acceptors (Lipinski definition) is 4. The minimum atomic E-state index is -2.83. The first-order chi connectivity index (χ1) is 7.46. The van der Waals surface area contributed by atoms with Gasteiger partial charge in [-0.3, -0.25) is 0 Å². The van der Waals surface area contributed by atoms with Gasteiger partial charge in [-0.1, -0.05) is 6.92 Å². The Morgan fingerprint density at radius 1 is 1.31 bits per heavy atom. The standard InChI is InChI=1S/C11H25NO3S/c1-5-15-10(3)11(12-4)8-7-9-16(13,14)6-2/h10-12H,5-9H2,1-4H3. The normalized spacial score (nSPS) is 16.0. The van der Waals surface area contributed by atoms with Crippen molar-refractivity contribution in [2.75, 3.05) is 25.2 Å². The summed E-state index contributed by atoms with van der Waals surface area (Å²) in [5.41, 5.74) is 0. The van der Waals surface area contributed by atoms with Gasteiger partial charge in [0.1, 0.15) is 9.84 Å². The van der Waals surface area contributed by atoms with E-state index in [1.54, 1.807) is 6.92 Å². The van der Waals surface area contributed by atoms with Crippen LogP contribution in [0.3, 0.4) is 0 Å². The number of hydrogen-bond donors (Lipinski definition) is 1. The van der Waals surface area contributed by atoms with Gasteiger partial charge in [-0.2, -0.15) is 0 Å². The zero-order valence-electron chi connectivity index (χ0n) is 10.8. The molecule has 0 fully saturated rings. The van der Waals surface area contributed by atoms with Crippen LogP contribution in [0.4, 0.5) is 0 Å². The van der Waals surface area contributed by atoms with E-state index < -0.39 is 9.84 Å². The van der Waals surface area contributed by atoms with Crippen LogP contribution in [0.5, 0.6) is 0 Å². The van der Waals surface area contributed by atoms with E-state index in [4.69, 9.17) is 4.74 Å². The molecule has 2 unspecified atom stereocenters. The second-order valence-corrected chi connectivity index (χ2v) is 6.41. The van der Waals surface area contributed by atoms with Crippen molar-refractivity contribution >= 4 is 9.84 Å². The summed E-state index contributed by atoms with van der Waals surface area (Å²) in [5, 5.41) is 3.17. The minimum Gasteiger partial charge on any atom is -0.377 e. The number of nitrogens with one attached hydrogen (secondary N) is 1. The van der Waals surface area contributed by atoms with Gasteiger partial charge < -0.3 is 10.1 Å². The van der Waals surface area contributed by atoms with Crippen molar-refractivity contribution < 1.29 is 13.2 Å². The average Bonchev–Trinajstić information content (AvgIpc) is 2.24. The quantitative estimate of drug-likeness (QED) is 0.669. The van der Waals surface area contributed by atoms with Crippen LogP contribution in [-0.2, 0) is 14.6 Å². The van der Waals surface area contributed by atoms with Gasteiger partial charge in [0.15, 0.2) is 0 Å². The van der Waals surface area contributed by atoms with Crippen molar-refractivity contribution in [3.63, 3.8) is 0 Å². The van der Waals surface area contributed by atoms with Crippen LogP contribution >= 0.6 is 0 Å². The molecule has 0 bridgehead atoms. The Hall–Kier alpha value is -0.130. The Balaban J connectivity index is 3.97. The molecule has 1 N–H and O–H groups in total. The molecule has 0 spiro atoms. The highest BCUT2D eigenvalue weighted by molar-refractivity contribution is 7.91. The average molecular weight is 251 g/mol. The molecule has 16 heavy (non-hydrogen) atoms. The van der Waals surface area contributed by atoms with Gasteiger partial charge in [-0.25, -0.2) is 8.42 Å². The molecule has 0 aliphatic heterocycles. The summed E-state index contributed by atoms with van der Waals surface area (Å²) >= 11 is 0. The summed E-state index contributed by atoms with van der Waals surface area (Å²) in [5.74, 6) is 0.513. The molecular formula is C11H25NO3S. The molecule has 0 saturated heterocycles. The van der Waals surface area contributed by atoms with Crippen molar-refractivity contribution in [3.8, 4) is 0 Å². The smallest absolute Gasteiger partial charge is 0.150 e. The van der Waals surface area contributed by atoms with Crippen LogP contribution in [0.15, 0.2) is 0 Å². The van der Waals surface area contributed by atoms with Gasteiger partial charge in [-0.15, -0.1) is 0 Å². The molecule has 0 aromatic rings. The van der Waals surface area contributed by atoms with Crippen molar-refractivity contribution in [3.05, 3.63) is 0 Å². The summed E-state index contributed by atoms with van der Waals surface area (Å²) in [6.45, 7) is 6.35. The topological polar surface area (TPSA) is 55.4 Å². The summed E-state index contributed by atoms with van der Waals surface area (Å²) in [6, 6.07) is 0.229. The zero-order chi connectivity index (χ0) is 12.6. The maximum Gasteiger partial charge on any atom is 0.150 e. The van der Waals surface area contributed by atoms with E-state index in [-0.39, 0.29) is 23.7 Å². The van der Waals surface area contributed by atoms with E-state index in [2.05, 4.69) is 5.32 Å². The number of rotatable bonds is 9. The fourth-order valence-corrected chi connectivity index (χ4v) is 2.56. The highest BCUT2D eigenvalue weighted by atomic mass is 32.2. The van der Waals surface area contributed by atoms with Crippen LogP contribution in [0.1, 0.15) is 33.6 Å². The summed E-state index contributed by atoms with van der Waals surface area (Å²) in [7, 11) is -0.947. The number of likely N-dealkylation sites (N-methyl/N-ethyl adjacent to an activating group) is 1. The lowest BCUT2D eigenvalue weighted by atomic mass is 10.1. The van der Waals surface area contributed by atoms with Gasteiger partial charge in [0.25, 0.3) is 0 Å². The lowest BCUT2D eigenvalue weighted by Crippen LogP contribution is -2.37. The second-order valence-electron chi connectivity index (χ2n) is 3.93. The molecule has 2 atom stereocenters. The highest BCUT2D eigenvalue weighted by Gasteiger charge is 2.16. The molecule has 98 valence electrons. The lowest BCUT2D eigenvalue weighted by molar-refractivity contribution is 0.0472. The first-order valence-corrected chi connectivity index (χ1v) is 7.78. The predicted molar refractivity (Wildman–Crippen MR) is 67.5 cm³/mol. The van der Waals surface area contributed by atoms with Crippen LogP contribution < -0.4 is 5.32 Å². The van der Waals surface area contributed by atoms with Gasteiger partial charge in [0, 0.05) is 18.4 Å².